The van der Waals surface area contributed by atoms with Crippen LogP contribution in [0.15, 0.2) is 42.5 Å². The van der Waals surface area contributed by atoms with Gasteiger partial charge >= 0.3 is 6.18 Å². The molecule has 0 N–H and O–H groups in total. The number of aryl methyl sites for hydroxylation is 1. The maximum absolute atomic E-state index is 12.6. The number of hydrogen-bond donors (Lipinski definition) is 0. The molecule has 0 bridgehead atoms. The third-order valence-electron chi connectivity index (χ3n) is 3.52. The van der Waals surface area contributed by atoms with Crippen molar-refractivity contribution in [2.24, 2.45) is 0 Å². The van der Waals surface area contributed by atoms with Crippen molar-refractivity contribution in [1.29, 1.82) is 0 Å². The van der Waals surface area contributed by atoms with E-state index >= 15 is 0 Å². The summed E-state index contributed by atoms with van der Waals surface area (Å²) in [5.74, 6) is 0. The van der Waals surface area contributed by atoms with Gasteiger partial charge in [-0.15, -0.1) is 0 Å². The second-order valence-electron chi connectivity index (χ2n) is 4.84. The number of nitrogens with zero attached hydrogens (tertiary/aromatic N) is 1. The fraction of sp³-hybridized carbons (Fsp3) is 0.250. The van der Waals surface area contributed by atoms with E-state index in [2.05, 4.69) is 6.07 Å². The highest BCUT2D eigenvalue weighted by molar-refractivity contribution is 5.67. The summed E-state index contributed by atoms with van der Waals surface area (Å²) in [4.78, 5) is 2.03. The van der Waals surface area contributed by atoms with Crippen molar-refractivity contribution in [3.8, 4) is 0 Å². The van der Waals surface area contributed by atoms with Gasteiger partial charge in [0.25, 0.3) is 0 Å². The molecule has 1 aliphatic heterocycles. The monoisotopic (exact) mass is 276 g/mol. The Labute approximate surface area is 115 Å². The van der Waals surface area contributed by atoms with Crippen molar-refractivity contribution in [2.75, 3.05) is 11.4 Å². The SMILES string of the molecule is FC(F)(F)c1ccc(N2CCCc3ccc[c]c32)cc1. The number of alkyl halides is 3. The van der Waals surface area contributed by atoms with Crippen molar-refractivity contribution in [3.05, 3.63) is 59.7 Å². The Kier molecular flexibility index (Phi) is 3.16. The minimum Gasteiger partial charge on any atom is -0.341 e. The Morgan fingerprint density at radius 3 is 2.50 bits per heavy atom. The molecule has 2 aromatic carbocycles. The molecule has 1 heterocycles. The molecule has 0 atom stereocenters. The zero-order valence-electron chi connectivity index (χ0n) is 10.7. The van der Waals surface area contributed by atoms with Crippen molar-refractivity contribution < 1.29 is 13.2 Å². The second-order valence-corrected chi connectivity index (χ2v) is 4.84. The first kappa shape index (κ1) is 13.0. The summed E-state index contributed by atoms with van der Waals surface area (Å²) in [5.41, 5.74) is 2.33. The van der Waals surface area contributed by atoms with Crippen molar-refractivity contribution >= 4 is 11.4 Å². The molecular formula is C16H13F3N. The van der Waals surface area contributed by atoms with E-state index in [9.17, 15) is 13.2 Å². The number of anilines is 2. The van der Waals surface area contributed by atoms with Crippen LogP contribution in [-0.2, 0) is 12.6 Å². The van der Waals surface area contributed by atoms with E-state index < -0.39 is 11.7 Å². The van der Waals surface area contributed by atoms with Gasteiger partial charge in [-0.1, -0.05) is 18.2 Å². The molecule has 1 radical (unpaired) electrons. The average molecular weight is 276 g/mol. The Morgan fingerprint density at radius 2 is 1.80 bits per heavy atom. The summed E-state index contributed by atoms with van der Waals surface area (Å²) in [5, 5.41) is 0. The summed E-state index contributed by atoms with van der Waals surface area (Å²) in [6.45, 7) is 0.804. The van der Waals surface area contributed by atoms with Gasteiger partial charge in [-0.3, -0.25) is 0 Å². The lowest BCUT2D eigenvalue weighted by molar-refractivity contribution is -0.137. The number of fused-ring (bicyclic) bond motifs is 1. The summed E-state index contributed by atoms with van der Waals surface area (Å²) in [6.07, 6.45) is -2.31. The Hall–Kier alpha value is -1.97. The third kappa shape index (κ3) is 2.38. The highest BCUT2D eigenvalue weighted by Gasteiger charge is 2.30. The Morgan fingerprint density at radius 1 is 1.05 bits per heavy atom. The third-order valence-corrected chi connectivity index (χ3v) is 3.52. The van der Waals surface area contributed by atoms with Gasteiger partial charge in [0.05, 0.1) is 11.3 Å². The topological polar surface area (TPSA) is 3.24 Å². The number of benzene rings is 2. The van der Waals surface area contributed by atoms with Crippen molar-refractivity contribution in [1.82, 2.24) is 0 Å². The van der Waals surface area contributed by atoms with E-state index in [1.54, 1.807) is 0 Å². The largest absolute Gasteiger partial charge is 0.416 e. The highest BCUT2D eigenvalue weighted by atomic mass is 19.4. The predicted octanol–water partition coefficient (Wildman–Crippen LogP) is 4.59. The van der Waals surface area contributed by atoms with Gasteiger partial charge in [0.15, 0.2) is 0 Å². The molecular weight excluding hydrogens is 263 g/mol. The molecule has 0 saturated heterocycles. The van der Waals surface area contributed by atoms with E-state index in [1.165, 1.54) is 17.7 Å². The lowest BCUT2D eigenvalue weighted by Crippen LogP contribution is -2.24. The van der Waals surface area contributed by atoms with E-state index in [0.29, 0.717) is 0 Å². The summed E-state index contributed by atoms with van der Waals surface area (Å²) in [7, 11) is 0. The Balaban J connectivity index is 1.95. The van der Waals surface area contributed by atoms with Gasteiger partial charge in [0, 0.05) is 18.3 Å². The van der Waals surface area contributed by atoms with Crippen LogP contribution < -0.4 is 4.90 Å². The molecule has 0 aromatic heterocycles. The molecule has 1 nitrogen and oxygen atoms in total. The molecule has 0 aliphatic carbocycles. The maximum Gasteiger partial charge on any atom is 0.416 e. The highest BCUT2D eigenvalue weighted by Crippen LogP contribution is 2.35. The second kappa shape index (κ2) is 4.85. The average Bonchev–Trinajstić information content (AvgIpc) is 2.46. The van der Waals surface area contributed by atoms with Crippen molar-refractivity contribution in [2.45, 2.75) is 19.0 Å². The van der Waals surface area contributed by atoms with E-state index in [-0.39, 0.29) is 0 Å². The quantitative estimate of drug-likeness (QED) is 0.736. The molecule has 4 heteroatoms. The number of rotatable bonds is 1. The molecule has 0 amide bonds. The van der Waals surface area contributed by atoms with Gasteiger partial charge in [0.1, 0.15) is 0 Å². The standard InChI is InChI=1S/C16H13F3N/c17-16(18,19)13-7-9-14(10-8-13)20-11-3-5-12-4-1-2-6-15(12)20/h1-2,4,7-10H,3,5,11H2. The minimum absolute atomic E-state index is 0.615. The Bertz CT molecular complexity index is 602. The number of para-hydroxylation sites is 1. The summed E-state index contributed by atoms with van der Waals surface area (Å²) in [6, 6.07) is 14.3. The molecule has 0 spiro atoms. The van der Waals surface area contributed by atoms with Crippen LogP contribution in [0.1, 0.15) is 17.5 Å². The molecule has 1 aliphatic rings. The number of halogens is 3. The molecule has 0 unspecified atom stereocenters. The van der Waals surface area contributed by atoms with Crippen LogP contribution in [0.25, 0.3) is 0 Å². The zero-order chi connectivity index (χ0) is 14.2. The van der Waals surface area contributed by atoms with Gasteiger partial charge in [0.2, 0.25) is 0 Å². The first-order valence-corrected chi connectivity index (χ1v) is 6.50. The summed E-state index contributed by atoms with van der Waals surface area (Å²) < 4.78 is 37.7. The molecule has 0 saturated carbocycles. The molecule has 103 valence electrons. The van der Waals surface area contributed by atoms with Gasteiger partial charge in [-0.25, -0.2) is 0 Å². The lowest BCUT2D eigenvalue weighted by Gasteiger charge is -2.31. The first-order chi connectivity index (χ1) is 9.55. The van der Waals surface area contributed by atoms with Crippen LogP contribution in [0.4, 0.5) is 24.5 Å². The van der Waals surface area contributed by atoms with Crippen molar-refractivity contribution in [3.63, 3.8) is 0 Å². The normalized spacial score (nSPS) is 15.1. The fourth-order valence-corrected chi connectivity index (χ4v) is 2.54. The van der Waals surface area contributed by atoms with Crippen LogP contribution >= 0.6 is 0 Å². The van der Waals surface area contributed by atoms with Gasteiger partial charge < -0.3 is 4.90 Å². The first-order valence-electron chi connectivity index (χ1n) is 6.50. The van der Waals surface area contributed by atoms with E-state index in [0.717, 1.165) is 42.9 Å². The molecule has 0 fully saturated rings. The van der Waals surface area contributed by atoms with Gasteiger partial charge in [-0.05, 0) is 42.7 Å². The van der Waals surface area contributed by atoms with Crippen LogP contribution in [0, 0.1) is 6.07 Å². The molecule has 3 rings (SSSR count). The van der Waals surface area contributed by atoms with Crippen LogP contribution in [0.3, 0.4) is 0 Å². The predicted molar refractivity (Wildman–Crippen MR) is 72.0 cm³/mol. The molecule has 2 aromatic rings. The molecule has 20 heavy (non-hydrogen) atoms. The minimum atomic E-state index is -4.29. The van der Waals surface area contributed by atoms with Gasteiger partial charge in [-0.2, -0.15) is 13.2 Å². The maximum atomic E-state index is 12.6. The zero-order valence-corrected chi connectivity index (χ0v) is 10.7. The van der Waals surface area contributed by atoms with E-state index in [4.69, 9.17) is 0 Å². The van der Waals surface area contributed by atoms with E-state index in [1.807, 2.05) is 23.1 Å². The lowest BCUT2D eigenvalue weighted by atomic mass is 10.0. The van der Waals surface area contributed by atoms with Crippen LogP contribution in [0.5, 0.6) is 0 Å². The number of hydrogen-bond acceptors (Lipinski definition) is 1. The smallest absolute Gasteiger partial charge is 0.341 e. The fourth-order valence-electron chi connectivity index (χ4n) is 2.54. The van der Waals surface area contributed by atoms with Crippen LogP contribution in [-0.4, -0.2) is 6.54 Å². The summed E-state index contributed by atoms with van der Waals surface area (Å²) >= 11 is 0. The van der Waals surface area contributed by atoms with Crippen LogP contribution in [0.2, 0.25) is 0 Å².